The zero-order valence-electron chi connectivity index (χ0n) is 21.0. The van der Waals surface area contributed by atoms with Gasteiger partial charge in [-0.15, -0.1) is 0 Å². The van der Waals surface area contributed by atoms with Gasteiger partial charge in [0.1, 0.15) is 11.6 Å². The first-order chi connectivity index (χ1) is 18.8. The summed E-state index contributed by atoms with van der Waals surface area (Å²) in [5, 5.41) is 6.04. The molecule has 10 heteroatoms. The Labute approximate surface area is 223 Å². The number of benzene rings is 2. The van der Waals surface area contributed by atoms with Gasteiger partial charge in [-0.25, -0.2) is 18.2 Å². The van der Waals surface area contributed by atoms with Gasteiger partial charge in [0.05, 0.1) is 23.4 Å². The molecular formula is C29H26F3N5O2. The normalized spacial score (nSPS) is 14.8. The molecule has 0 saturated heterocycles. The molecule has 0 fully saturated rings. The predicted octanol–water partition coefficient (Wildman–Crippen LogP) is 5.97. The first kappa shape index (κ1) is 26.0. The quantitative estimate of drug-likeness (QED) is 0.261. The van der Waals surface area contributed by atoms with Gasteiger partial charge in [-0.1, -0.05) is 30.3 Å². The third-order valence-corrected chi connectivity index (χ3v) is 6.59. The highest BCUT2D eigenvalue weighted by Gasteiger charge is 2.36. The van der Waals surface area contributed by atoms with Gasteiger partial charge in [0.25, 0.3) is 5.91 Å². The van der Waals surface area contributed by atoms with Crippen LogP contribution in [0.15, 0.2) is 72.9 Å². The molecule has 3 heterocycles. The number of carbonyl (C=O) groups is 2. The second kappa shape index (κ2) is 11.0. The lowest BCUT2D eigenvalue weighted by Gasteiger charge is -2.30. The van der Waals surface area contributed by atoms with Crippen molar-refractivity contribution in [3.63, 3.8) is 0 Å². The Hall–Kier alpha value is -4.60. The zero-order chi connectivity index (χ0) is 27.5. The highest BCUT2D eigenvalue weighted by molar-refractivity contribution is 6.06. The van der Waals surface area contributed by atoms with Crippen molar-refractivity contribution < 1.29 is 22.8 Å². The van der Waals surface area contributed by atoms with E-state index < -0.39 is 18.8 Å². The number of amides is 2. The largest absolute Gasteiger partial charge is 0.356 e. The Morgan fingerprint density at radius 2 is 1.87 bits per heavy atom. The molecule has 1 atom stereocenters. The van der Waals surface area contributed by atoms with Crippen molar-refractivity contribution in [1.29, 1.82) is 0 Å². The Kier molecular flexibility index (Phi) is 7.36. The molecule has 7 nitrogen and oxygen atoms in total. The van der Waals surface area contributed by atoms with Crippen LogP contribution in [0.2, 0.25) is 0 Å². The molecule has 4 aromatic rings. The van der Waals surface area contributed by atoms with Gasteiger partial charge in [0, 0.05) is 49.1 Å². The molecule has 0 radical (unpaired) electrons. The summed E-state index contributed by atoms with van der Waals surface area (Å²) in [4.78, 5) is 34.9. The van der Waals surface area contributed by atoms with E-state index in [0.717, 1.165) is 0 Å². The first-order valence-electron chi connectivity index (χ1n) is 12.4. The van der Waals surface area contributed by atoms with Gasteiger partial charge in [-0.2, -0.15) is 0 Å². The number of hydrogen-bond donors (Lipinski definition) is 3. The monoisotopic (exact) mass is 533 g/mol. The number of para-hydroxylation sites is 1. The summed E-state index contributed by atoms with van der Waals surface area (Å²) in [6, 6.07) is 18.2. The van der Waals surface area contributed by atoms with Crippen molar-refractivity contribution in [3.05, 3.63) is 95.6 Å². The van der Waals surface area contributed by atoms with E-state index in [1.807, 2.05) is 30.3 Å². The highest BCUT2D eigenvalue weighted by atomic mass is 19.3. The lowest BCUT2D eigenvalue weighted by Crippen LogP contribution is -2.37. The summed E-state index contributed by atoms with van der Waals surface area (Å²) < 4.78 is 40.1. The molecule has 2 amide bonds. The van der Waals surface area contributed by atoms with Crippen LogP contribution < -0.4 is 10.6 Å². The van der Waals surface area contributed by atoms with Crippen molar-refractivity contribution in [3.8, 4) is 11.3 Å². The number of H-pyrrole nitrogens is 1. The molecule has 2 aromatic heterocycles. The van der Waals surface area contributed by atoms with Crippen LogP contribution in [0, 0.1) is 5.82 Å². The SMILES string of the molecule is CN1C[C@@H](CC(F)F)c2[nH]c(-c3ccnc(NC(=O)Cc4ccc(F)cc4)c3)c(Nc3ccccc3)c2C1=O. The Balaban J connectivity index is 1.51. The lowest BCUT2D eigenvalue weighted by molar-refractivity contribution is -0.115. The summed E-state index contributed by atoms with van der Waals surface area (Å²) in [7, 11) is 1.60. The van der Waals surface area contributed by atoms with Crippen LogP contribution in [0.5, 0.6) is 0 Å². The molecule has 0 unspecified atom stereocenters. The van der Waals surface area contributed by atoms with E-state index in [-0.39, 0.29) is 36.4 Å². The molecule has 2 aromatic carbocycles. The van der Waals surface area contributed by atoms with E-state index in [2.05, 4.69) is 20.6 Å². The molecule has 0 aliphatic carbocycles. The highest BCUT2D eigenvalue weighted by Crippen LogP contribution is 2.42. The van der Waals surface area contributed by atoms with E-state index in [1.165, 1.54) is 35.4 Å². The maximum atomic E-state index is 13.5. The fourth-order valence-corrected chi connectivity index (χ4v) is 4.79. The fraction of sp³-hybridized carbons (Fsp3) is 0.207. The first-order valence-corrected chi connectivity index (χ1v) is 12.4. The van der Waals surface area contributed by atoms with Crippen LogP contribution in [-0.4, -0.2) is 46.7 Å². The number of aromatic amines is 1. The van der Waals surface area contributed by atoms with E-state index in [1.54, 1.807) is 19.2 Å². The number of fused-ring (bicyclic) bond motifs is 1. The van der Waals surface area contributed by atoms with Crippen LogP contribution in [0.3, 0.4) is 0 Å². The lowest BCUT2D eigenvalue weighted by atomic mass is 9.92. The van der Waals surface area contributed by atoms with Crippen molar-refractivity contribution in [2.45, 2.75) is 25.2 Å². The number of alkyl halides is 2. The maximum Gasteiger partial charge on any atom is 0.257 e. The molecule has 0 spiro atoms. The summed E-state index contributed by atoms with van der Waals surface area (Å²) in [6.45, 7) is 0.169. The number of anilines is 3. The van der Waals surface area contributed by atoms with Gasteiger partial charge < -0.3 is 20.5 Å². The minimum absolute atomic E-state index is 0.0277. The third kappa shape index (κ3) is 5.79. The van der Waals surface area contributed by atoms with Crippen LogP contribution in [-0.2, 0) is 11.2 Å². The van der Waals surface area contributed by atoms with Crippen molar-refractivity contribution in [2.75, 3.05) is 24.2 Å². The molecule has 0 bridgehead atoms. The topological polar surface area (TPSA) is 90.1 Å². The molecule has 1 aliphatic rings. The minimum Gasteiger partial charge on any atom is -0.356 e. The molecule has 39 heavy (non-hydrogen) atoms. The number of halogens is 3. The summed E-state index contributed by atoms with van der Waals surface area (Å²) >= 11 is 0. The summed E-state index contributed by atoms with van der Waals surface area (Å²) in [6.07, 6.45) is -1.39. The molecular weight excluding hydrogens is 507 g/mol. The fourth-order valence-electron chi connectivity index (χ4n) is 4.79. The Morgan fingerprint density at radius 1 is 1.13 bits per heavy atom. The van der Waals surface area contributed by atoms with Gasteiger partial charge in [-0.05, 0) is 42.0 Å². The number of hydrogen-bond acceptors (Lipinski definition) is 4. The van der Waals surface area contributed by atoms with Crippen LogP contribution in [0.4, 0.5) is 30.4 Å². The van der Waals surface area contributed by atoms with Gasteiger partial charge >= 0.3 is 0 Å². The number of nitrogens with one attached hydrogen (secondary N) is 3. The van der Waals surface area contributed by atoms with E-state index in [0.29, 0.717) is 39.5 Å². The van der Waals surface area contributed by atoms with Crippen LogP contribution in [0.25, 0.3) is 11.3 Å². The molecule has 1 aliphatic heterocycles. The van der Waals surface area contributed by atoms with Gasteiger partial charge in [0.15, 0.2) is 0 Å². The van der Waals surface area contributed by atoms with E-state index in [4.69, 9.17) is 0 Å². The van der Waals surface area contributed by atoms with E-state index >= 15 is 0 Å². The standard InChI is InChI=1S/C29H26F3N5O2/c1-37-16-19(14-22(31)32)26-25(29(37)39)28(34-21-5-3-2-4-6-21)27(36-26)18-11-12-33-23(15-18)35-24(38)13-17-7-9-20(30)10-8-17/h2-12,15,19,22,34,36H,13-14,16H2,1H3,(H,33,35,38)/t19-/m1/s1. The average molecular weight is 534 g/mol. The maximum absolute atomic E-state index is 13.5. The molecule has 200 valence electrons. The van der Waals surface area contributed by atoms with Crippen LogP contribution in [0.1, 0.15) is 34.0 Å². The van der Waals surface area contributed by atoms with Crippen molar-refractivity contribution >= 4 is 29.0 Å². The van der Waals surface area contributed by atoms with Gasteiger partial charge in [-0.3, -0.25) is 9.59 Å². The number of nitrogens with zero attached hydrogens (tertiary/aromatic N) is 2. The Morgan fingerprint density at radius 3 is 2.59 bits per heavy atom. The smallest absolute Gasteiger partial charge is 0.257 e. The van der Waals surface area contributed by atoms with Crippen molar-refractivity contribution in [1.82, 2.24) is 14.9 Å². The number of aromatic nitrogens is 2. The summed E-state index contributed by atoms with van der Waals surface area (Å²) in [5.41, 5.74) is 3.70. The zero-order valence-corrected chi connectivity index (χ0v) is 21.0. The van der Waals surface area contributed by atoms with E-state index in [9.17, 15) is 22.8 Å². The number of likely N-dealkylation sites (N-methyl/N-ethyl adjacent to an activating group) is 1. The van der Waals surface area contributed by atoms with Gasteiger partial charge in [0.2, 0.25) is 12.3 Å². The molecule has 5 rings (SSSR count). The van der Waals surface area contributed by atoms with Crippen LogP contribution >= 0.6 is 0 Å². The summed E-state index contributed by atoms with van der Waals surface area (Å²) in [5.74, 6) is -1.32. The minimum atomic E-state index is -2.54. The molecule has 0 saturated carbocycles. The third-order valence-electron chi connectivity index (χ3n) is 6.59. The Bertz CT molecular complexity index is 1490. The molecule has 3 N–H and O–H groups in total. The number of rotatable bonds is 8. The number of carbonyl (C=O) groups excluding carboxylic acids is 2. The predicted molar refractivity (Wildman–Crippen MR) is 143 cm³/mol. The second-order valence-electron chi connectivity index (χ2n) is 9.45. The average Bonchev–Trinajstić information content (AvgIpc) is 3.28. The second-order valence-corrected chi connectivity index (χ2v) is 9.45. The van der Waals surface area contributed by atoms with Crippen molar-refractivity contribution in [2.24, 2.45) is 0 Å². The number of pyridine rings is 1.